The second-order valence-corrected chi connectivity index (χ2v) is 6.97. The van der Waals surface area contributed by atoms with Gasteiger partial charge in [-0.05, 0) is 61.3 Å². The molecule has 2 aromatic rings. The van der Waals surface area contributed by atoms with Gasteiger partial charge in [-0.1, -0.05) is 42.5 Å². The molecule has 3 rings (SSSR count). The third kappa shape index (κ3) is 4.37. The summed E-state index contributed by atoms with van der Waals surface area (Å²) in [6.45, 7) is 0.823. The number of aliphatic hydroxyl groups is 1. The number of benzene rings is 2. The highest BCUT2D eigenvalue weighted by molar-refractivity contribution is 5.27. The van der Waals surface area contributed by atoms with Crippen molar-refractivity contribution in [3.63, 3.8) is 0 Å². The molecule has 0 aliphatic heterocycles. The number of hydrogen-bond acceptors (Lipinski definition) is 3. The molecule has 0 radical (unpaired) electrons. The van der Waals surface area contributed by atoms with Crippen LogP contribution in [-0.4, -0.2) is 23.9 Å². The van der Waals surface area contributed by atoms with Crippen molar-refractivity contribution in [3.8, 4) is 5.75 Å². The van der Waals surface area contributed by atoms with Gasteiger partial charge in [0.15, 0.2) is 0 Å². The van der Waals surface area contributed by atoms with Crippen LogP contribution in [0.3, 0.4) is 0 Å². The highest BCUT2D eigenvalue weighted by Gasteiger charge is 2.35. The zero-order chi connectivity index (χ0) is 16.8. The fraction of sp³-hybridized carbons (Fsp3) is 0.429. The van der Waals surface area contributed by atoms with Crippen LogP contribution >= 0.6 is 0 Å². The van der Waals surface area contributed by atoms with E-state index in [0.717, 1.165) is 44.5 Å². The molecule has 0 heterocycles. The molecule has 3 nitrogen and oxygen atoms in total. The van der Waals surface area contributed by atoms with Gasteiger partial charge in [0.1, 0.15) is 5.75 Å². The normalized spacial score (nSPS) is 23.3. The lowest BCUT2D eigenvalue weighted by Crippen LogP contribution is -2.40. The molecular formula is C21H27NO2. The molecule has 1 saturated carbocycles. The quantitative estimate of drug-likeness (QED) is 0.764. The summed E-state index contributed by atoms with van der Waals surface area (Å²) in [5.41, 5.74) is 8.49. The molecule has 0 unspecified atom stereocenters. The van der Waals surface area contributed by atoms with Gasteiger partial charge in [-0.15, -0.1) is 0 Å². The second kappa shape index (κ2) is 7.82. The van der Waals surface area contributed by atoms with Crippen LogP contribution in [0.15, 0.2) is 54.6 Å². The van der Waals surface area contributed by atoms with E-state index >= 15 is 0 Å². The van der Waals surface area contributed by atoms with Crippen LogP contribution in [0.1, 0.15) is 42.7 Å². The Balaban J connectivity index is 1.45. The maximum atomic E-state index is 9.40. The smallest absolute Gasteiger partial charge is 0.119 e. The lowest BCUT2D eigenvalue weighted by atomic mass is 9.93. The summed E-state index contributed by atoms with van der Waals surface area (Å²) in [5, 5.41) is 9.40. The van der Waals surface area contributed by atoms with Gasteiger partial charge in [-0.25, -0.2) is 0 Å². The summed E-state index contributed by atoms with van der Waals surface area (Å²) >= 11 is 0. The number of aryl methyl sites for hydroxylation is 1. The molecule has 3 heteroatoms. The van der Waals surface area contributed by atoms with Crippen LogP contribution in [0.25, 0.3) is 0 Å². The summed E-state index contributed by atoms with van der Waals surface area (Å²) < 4.78 is 5.73. The average Bonchev–Trinajstić information content (AvgIpc) is 3.03. The van der Waals surface area contributed by atoms with Crippen LogP contribution < -0.4 is 10.5 Å². The standard InChI is InChI=1S/C21H27NO2/c22-21(16-23)13-12-19(15-21)18-10-8-17(9-11-18)5-4-14-24-20-6-2-1-3-7-20/h1-3,6-11,19,23H,4-5,12-16,22H2/t19-,21-/m1/s1. The predicted molar refractivity (Wildman–Crippen MR) is 97.3 cm³/mol. The van der Waals surface area contributed by atoms with Crippen molar-refractivity contribution < 1.29 is 9.84 Å². The van der Waals surface area contributed by atoms with E-state index in [-0.39, 0.29) is 12.1 Å². The topological polar surface area (TPSA) is 55.5 Å². The van der Waals surface area contributed by atoms with Crippen molar-refractivity contribution in [2.75, 3.05) is 13.2 Å². The van der Waals surface area contributed by atoms with Gasteiger partial charge in [0.05, 0.1) is 13.2 Å². The number of hydrogen-bond donors (Lipinski definition) is 2. The van der Waals surface area contributed by atoms with Crippen molar-refractivity contribution in [2.24, 2.45) is 5.73 Å². The monoisotopic (exact) mass is 325 g/mol. The van der Waals surface area contributed by atoms with Crippen molar-refractivity contribution in [3.05, 3.63) is 65.7 Å². The summed E-state index contributed by atoms with van der Waals surface area (Å²) in [5.74, 6) is 1.42. The minimum Gasteiger partial charge on any atom is -0.494 e. The molecule has 0 spiro atoms. The number of para-hydroxylation sites is 1. The summed E-state index contributed by atoms with van der Waals surface area (Å²) in [7, 11) is 0. The number of nitrogens with two attached hydrogens (primary N) is 1. The fourth-order valence-corrected chi connectivity index (χ4v) is 3.52. The number of ether oxygens (including phenoxy) is 1. The van der Waals surface area contributed by atoms with Gasteiger partial charge < -0.3 is 15.6 Å². The fourth-order valence-electron chi connectivity index (χ4n) is 3.52. The van der Waals surface area contributed by atoms with Gasteiger partial charge in [0, 0.05) is 5.54 Å². The summed E-state index contributed by atoms with van der Waals surface area (Å²) in [6.07, 6.45) is 4.89. The van der Waals surface area contributed by atoms with Crippen molar-refractivity contribution in [1.82, 2.24) is 0 Å². The second-order valence-electron chi connectivity index (χ2n) is 6.97. The van der Waals surface area contributed by atoms with Gasteiger partial charge >= 0.3 is 0 Å². The molecule has 2 atom stereocenters. The lowest BCUT2D eigenvalue weighted by Gasteiger charge is -2.21. The molecule has 0 aromatic heterocycles. The predicted octanol–water partition coefficient (Wildman–Crippen LogP) is 3.66. The Morgan fingerprint density at radius 3 is 2.50 bits per heavy atom. The van der Waals surface area contributed by atoms with Crippen LogP contribution in [0.5, 0.6) is 5.75 Å². The van der Waals surface area contributed by atoms with E-state index in [1.54, 1.807) is 0 Å². The van der Waals surface area contributed by atoms with E-state index in [2.05, 4.69) is 24.3 Å². The summed E-state index contributed by atoms with van der Waals surface area (Å²) in [6, 6.07) is 18.8. The van der Waals surface area contributed by atoms with Crippen LogP contribution in [-0.2, 0) is 6.42 Å². The van der Waals surface area contributed by atoms with Crippen molar-refractivity contribution >= 4 is 0 Å². The maximum Gasteiger partial charge on any atom is 0.119 e. The lowest BCUT2D eigenvalue weighted by molar-refractivity contribution is 0.198. The molecule has 24 heavy (non-hydrogen) atoms. The Hall–Kier alpha value is -1.84. The van der Waals surface area contributed by atoms with Crippen LogP contribution in [0.4, 0.5) is 0 Å². The van der Waals surface area contributed by atoms with E-state index in [4.69, 9.17) is 10.5 Å². The molecule has 0 bridgehead atoms. The molecule has 3 N–H and O–H groups in total. The van der Waals surface area contributed by atoms with E-state index in [9.17, 15) is 5.11 Å². The SMILES string of the molecule is N[C@]1(CO)CC[C@@H](c2ccc(CCCOc3ccccc3)cc2)C1. The van der Waals surface area contributed by atoms with E-state index < -0.39 is 0 Å². The molecule has 0 saturated heterocycles. The molecule has 128 valence electrons. The van der Waals surface area contributed by atoms with Crippen molar-refractivity contribution in [1.29, 1.82) is 0 Å². The van der Waals surface area contributed by atoms with E-state index in [1.165, 1.54) is 11.1 Å². The third-order valence-electron chi connectivity index (χ3n) is 5.03. The van der Waals surface area contributed by atoms with Crippen LogP contribution in [0.2, 0.25) is 0 Å². The van der Waals surface area contributed by atoms with Crippen LogP contribution in [0, 0.1) is 0 Å². The maximum absolute atomic E-state index is 9.40. The first kappa shape index (κ1) is 17.0. The Labute approximate surface area is 144 Å². The third-order valence-corrected chi connectivity index (χ3v) is 5.03. The van der Waals surface area contributed by atoms with Gasteiger partial charge in [0.25, 0.3) is 0 Å². The first-order chi connectivity index (χ1) is 11.7. The molecule has 1 aliphatic rings. The molecule has 1 fully saturated rings. The average molecular weight is 325 g/mol. The van der Waals surface area contributed by atoms with E-state index in [1.807, 2.05) is 30.3 Å². The van der Waals surface area contributed by atoms with Gasteiger partial charge in [-0.3, -0.25) is 0 Å². The zero-order valence-corrected chi connectivity index (χ0v) is 14.2. The molecule has 2 aromatic carbocycles. The van der Waals surface area contributed by atoms with E-state index in [0.29, 0.717) is 5.92 Å². The molecule has 0 amide bonds. The summed E-state index contributed by atoms with van der Waals surface area (Å²) in [4.78, 5) is 0. The molecular weight excluding hydrogens is 298 g/mol. The first-order valence-electron chi connectivity index (χ1n) is 8.85. The van der Waals surface area contributed by atoms with Gasteiger partial charge in [0.2, 0.25) is 0 Å². The Morgan fingerprint density at radius 1 is 1.08 bits per heavy atom. The first-order valence-corrected chi connectivity index (χ1v) is 8.85. The highest BCUT2D eigenvalue weighted by Crippen LogP contribution is 2.39. The molecule has 1 aliphatic carbocycles. The highest BCUT2D eigenvalue weighted by atomic mass is 16.5. The minimum atomic E-state index is -0.377. The Kier molecular flexibility index (Phi) is 5.54. The number of rotatable bonds is 7. The Bertz CT molecular complexity index is 626. The Morgan fingerprint density at radius 2 is 1.83 bits per heavy atom. The van der Waals surface area contributed by atoms with Gasteiger partial charge in [-0.2, -0.15) is 0 Å². The minimum absolute atomic E-state index is 0.0863. The zero-order valence-electron chi connectivity index (χ0n) is 14.2. The number of aliphatic hydroxyl groups excluding tert-OH is 1. The largest absolute Gasteiger partial charge is 0.494 e. The van der Waals surface area contributed by atoms with Crippen molar-refractivity contribution in [2.45, 2.75) is 43.6 Å².